The Bertz CT molecular complexity index is 726. The van der Waals surface area contributed by atoms with E-state index in [1.807, 2.05) is 0 Å². The van der Waals surface area contributed by atoms with E-state index in [1.165, 1.54) is 22.9 Å². The monoisotopic (exact) mass is 282 g/mol. The van der Waals surface area contributed by atoms with Crippen molar-refractivity contribution in [3.05, 3.63) is 46.4 Å². The fourth-order valence-corrected chi connectivity index (χ4v) is 2.77. The molecule has 2 aromatic rings. The van der Waals surface area contributed by atoms with Gasteiger partial charge in [-0.2, -0.15) is 0 Å². The number of benzene rings is 1. The predicted octanol–water partition coefficient (Wildman–Crippen LogP) is 0.240. The van der Waals surface area contributed by atoms with Crippen molar-refractivity contribution in [1.29, 1.82) is 0 Å². The number of hydrogen-bond donors (Lipinski definition) is 2. The highest BCUT2D eigenvalue weighted by molar-refractivity contribution is 7.91. The second kappa shape index (κ2) is 5.02. The van der Waals surface area contributed by atoms with Crippen LogP contribution in [0.2, 0.25) is 0 Å². The molecule has 102 valence electrons. The molecule has 0 aliphatic heterocycles. The summed E-state index contributed by atoms with van der Waals surface area (Å²) < 4.78 is 24.8. The van der Waals surface area contributed by atoms with E-state index in [2.05, 4.69) is 5.10 Å². The van der Waals surface area contributed by atoms with Crippen LogP contribution in [0, 0.1) is 6.92 Å². The maximum absolute atomic E-state index is 11.7. The van der Waals surface area contributed by atoms with Crippen molar-refractivity contribution < 1.29 is 13.5 Å². The Labute approximate surface area is 110 Å². The number of rotatable bonds is 4. The van der Waals surface area contributed by atoms with Gasteiger partial charge >= 0.3 is 0 Å². The van der Waals surface area contributed by atoms with E-state index < -0.39 is 16.4 Å². The first-order valence-electron chi connectivity index (χ1n) is 5.67. The van der Waals surface area contributed by atoms with E-state index in [1.54, 1.807) is 19.1 Å². The number of aromatic nitrogens is 2. The minimum atomic E-state index is -3.46. The van der Waals surface area contributed by atoms with Gasteiger partial charge in [-0.25, -0.2) is 13.1 Å². The van der Waals surface area contributed by atoms with E-state index in [0.29, 0.717) is 5.69 Å². The van der Waals surface area contributed by atoms with E-state index in [0.717, 1.165) is 5.69 Å². The lowest BCUT2D eigenvalue weighted by atomic mass is 10.3. The van der Waals surface area contributed by atoms with E-state index >= 15 is 0 Å². The van der Waals surface area contributed by atoms with Gasteiger partial charge < -0.3 is 5.11 Å². The zero-order chi connectivity index (χ0) is 14.0. The normalized spacial score (nSPS) is 11.7. The van der Waals surface area contributed by atoms with Gasteiger partial charge in [-0.05, 0) is 31.2 Å². The molecular weight excluding hydrogens is 268 g/mol. The first kappa shape index (κ1) is 13.6. The topological polar surface area (TPSA) is 92.2 Å². The van der Waals surface area contributed by atoms with Gasteiger partial charge in [-0.15, -0.1) is 0 Å². The summed E-state index contributed by atoms with van der Waals surface area (Å²) in [7, 11) is -3.46. The van der Waals surface area contributed by atoms with Crippen molar-refractivity contribution in [2.24, 2.45) is 0 Å². The summed E-state index contributed by atoms with van der Waals surface area (Å²) in [6.45, 7) is 1.34. The van der Waals surface area contributed by atoms with Gasteiger partial charge in [0.15, 0.2) is 9.84 Å². The van der Waals surface area contributed by atoms with Crippen LogP contribution in [0.3, 0.4) is 0 Å². The fourth-order valence-electron chi connectivity index (χ4n) is 1.75. The summed E-state index contributed by atoms with van der Waals surface area (Å²) in [5.74, 6) is -0.312. The Balaban J connectivity index is 2.39. The Kier molecular flexibility index (Phi) is 3.59. The zero-order valence-corrected chi connectivity index (χ0v) is 11.1. The Morgan fingerprint density at radius 1 is 1.26 bits per heavy atom. The second-order valence-electron chi connectivity index (χ2n) is 4.15. The molecule has 6 nitrogen and oxygen atoms in total. The van der Waals surface area contributed by atoms with Gasteiger partial charge in [-0.3, -0.25) is 9.89 Å². The van der Waals surface area contributed by atoms with Gasteiger partial charge in [0.25, 0.3) is 5.56 Å². The van der Waals surface area contributed by atoms with Crippen molar-refractivity contribution in [1.82, 2.24) is 9.78 Å². The number of aliphatic hydroxyl groups excluding tert-OH is 1. The molecule has 2 N–H and O–H groups in total. The summed E-state index contributed by atoms with van der Waals surface area (Å²) in [6, 6.07) is 7.38. The number of sulfone groups is 1. The Morgan fingerprint density at radius 3 is 2.37 bits per heavy atom. The second-order valence-corrected chi connectivity index (χ2v) is 6.26. The molecule has 0 unspecified atom stereocenters. The number of aryl methyl sites for hydroxylation is 1. The van der Waals surface area contributed by atoms with Crippen molar-refractivity contribution in [3.63, 3.8) is 0 Å². The average Bonchev–Trinajstić information content (AvgIpc) is 2.68. The molecule has 0 spiro atoms. The van der Waals surface area contributed by atoms with Crippen LogP contribution >= 0.6 is 0 Å². The van der Waals surface area contributed by atoms with Crippen LogP contribution in [-0.2, 0) is 9.84 Å². The molecule has 0 amide bonds. The molecule has 1 aromatic carbocycles. The SMILES string of the molecule is Cc1cc(=O)n(-c2ccc(S(=O)(=O)CCO)cc2)[nH]1. The smallest absolute Gasteiger partial charge is 0.271 e. The highest BCUT2D eigenvalue weighted by atomic mass is 32.2. The number of hydrogen-bond acceptors (Lipinski definition) is 4. The van der Waals surface area contributed by atoms with Crippen LogP contribution in [0.5, 0.6) is 0 Å². The van der Waals surface area contributed by atoms with Crippen molar-refractivity contribution >= 4 is 9.84 Å². The fraction of sp³-hybridized carbons (Fsp3) is 0.250. The van der Waals surface area contributed by atoms with Gasteiger partial charge in [0, 0.05) is 11.8 Å². The van der Waals surface area contributed by atoms with Crippen molar-refractivity contribution in [2.75, 3.05) is 12.4 Å². The molecular formula is C12H14N2O4S. The zero-order valence-electron chi connectivity index (χ0n) is 10.3. The molecule has 0 bridgehead atoms. The largest absolute Gasteiger partial charge is 0.395 e. The number of aromatic amines is 1. The maximum Gasteiger partial charge on any atom is 0.271 e. The molecule has 0 aliphatic rings. The molecule has 1 heterocycles. The quantitative estimate of drug-likeness (QED) is 0.840. The third kappa shape index (κ3) is 2.77. The molecule has 0 saturated carbocycles. The van der Waals surface area contributed by atoms with Crippen molar-refractivity contribution in [3.8, 4) is 5.69 Å². The molecule has 0 aliphatic carbocycles. The molecule has 7 heteroatoms. The standard InChI is InChI=1S/C12H14N2O4S/c1-9-8-12(16)14(13-9)10-2-4-11(5-3-10)19(17,18)7-6-15/h2-5,8,13,15H,6-7H2,1H3. The number of nitrogens with zero attached hydrogens (tertiary/aromatic N) is 1. The van der Waals surface area contributed by atoms with Crippen LogP contribution in [-0.4, -0.2) is 35.7 Å². The van der Waals surface area contributed by atoms with Crippen LogP contribution < -0.4 is 5.56 Å². The Morgan fingerprint density at radius 2 is 1.89 bits per heavy atom. The third-order valence-corrected chi connectivity index (χ3v) is 4.37. The average molecular weight is 282 g/mol. The number of nitrogens with one attached hydrogen (secondary N) is 1. The highest BCUT2D eigenvalue weighted by Crippen LogP contribution is 2.13. The molecule has 0 radical (unpaired) electrons. The summed E-state index contributed by atoms with van der Waals surface area (Å²) in [6.07, 6.45) is 0. The predicted molar refractivity (Wildman–Crippen MR) is 70.3 cm³/mol. The molecule has 2 rings (SSSR count). The van der Waals surface area contributed by atoms with Crippen LogP contribution in [0.1, 0.15) is 5.69 Å². The molecule has 0 saturated heterocycles. The highest BCUT2D eigenvalue weighted by Gasteiger charge is 2.13. The molecule has 0 atom stereocenters. The van der Waals surface area contributed by atoms with Crippen LogP contribution in [0.15, 0.2) is 40.0 Å². The number of aliphatic hydroxyl groups is 1. The minimum absolute atomic E-state index is 0.127. The first-order valence-corrected chi connectivity index (χ1v) is 7.32. The lowest BCUT2D eigenvalue weighted by Gasteiger charge is -2.05. The summed E-state index contributed by atoms with van der Waals surface area (Å²) >= 11 is 0. The van der Waals surface area contributed by atoms with Gasteiger partial charge in [0.2, 0.25) is 0 Å². The number of H-pyrrole nitrogens is 1. The summed E-state index contributed by atoms with van der Waals surface area (Å²) in [5.41, 5.74) is 1.08. The molecule has 19 heavy (non-hydrogen) atoms. The van der Waals surface area contributed by atoms with E-state index in [9.17, 15) is 13.2 Å². The van der Waals surface area contributed by atoms with Gasteiger partial charge in [0.05, 0.1) is 22.9 Å². The first-order chi connectivity index (χ1) is 8.94. The summed E-state index contributed by atoms with van der Waals surface area (Å²) in [4.78, 5) is 11.7. The molecule has 1 aromatic heterocycles. The summed E-state index contributed by atoms with van der Waals surface area (Å²) in [5, 5.41) is 11.6. The van der Waals surface area contributed by atoms with Crippen LogP contribution in [0.25, 0.3) is 5.69 Å². The van der Waals surface area contributed by atoms with Gasteiger partial charge in [-0.1, -0.05) is 0 Å². The third-order valence-electron chi connectivity index (χ3n) is 2.66. The Hall–Kier alpha value is -1.86. The van der Waals surface area contributed by atoms with Gasteiger partial charge in [0.1, 0.15) is 0 Å². The molecule has 0 fully saturated rings. The lowest BCUT2D eigenvalue weighted by molar-refractivity contribution is 0.319. The van der Waals surface area contributed by atoms with E-state index in [-0.39, 0.29) is 16.2 Å². The lowest BCUT2D eigenvalue weighted by Crippen LogP contribution is -2.14. The van der Waals surface area contributed by atoms with Crippen molar-refractivity contribution in [2.45, 2.75) is 11.8 Å². The van der Waals surface area contributed by atoms with E-state index in [4.69, 9.17) is 5.11 Å². The van der Waals surface area contributed by atoms with Crippen LogP contribution in [0.4, 0.5) is 0 Å². The maximum atomic E-state index is 11.7. The minimum Gasteiger partial charge on any atom is -0.395 e.